The van der Waals surface area contributed by atoms with Crippen molar-refractivity contribution in [2.24, 2.45) is 0 Å². The zero-order valence-electron chi connectivity index (χ0n) is 17.1. The summed E-state index contributed by atoms with van der Waals surface area (Å²) in [5, 5.41) is 2.17. The van der Waals surface area contributed by atoms with E-state index in [4.69, 9.17) is 4.74 Å². The number of carbonyl (C=O) groups is 1. The Kier molecular flexibility index (Phi) is 6.75. The van der Waals surface area contributed by atoms with Gasteiger partial charge in [0.2, 0.25) is 0 Å². The third-order valence-corrected chi connectivity index (χ3v) is 4.91. The number of carbonyl (C=O) groups excluding carboxylic acids is 1. The highest BCUT2D eigenvalue weighted by atomic mass is 19.4. The second-order valence-electron chi connectivity index (χ2n) is 7.10. The first-order valence-electron chi connectivity index (χ1n) is 9.81. The van der Waals surface area contributed by atoms with Crippen molar-refractivity contribution in [3.8, 4) is 5.75 Å². The molecule has 0 bridgehead atoms. The Hall–Kier alpha value is -3.11. The van der Waals surface area contributed by atoms with Crippen LogP contribution in [0.5, 0.6) is 5.75 Å². The van der Waals surface area contributed by atoms with Crippen molar-refractivity contribution in [1.29, 1.82) is 0 Å². The monoisotopic (exact) mass is 461 g/mol. The predicted molar refractivity (Wildman–Crippen MR) is 107 cm³/mol. The maximum Gasteiger partial charge on any atom is 0.416 e. The predicted octanol–water partition coefficient (Wildman–Crippen LogP) is 5.48. The molecular weight excluding hydrogens is 440 g/mol. The van der Waals surface area contributed by atoms with Gasteiger partial charge in [-0.05, 0) is 37.3 Å². The number of halogens is 6. The molecule has 0 saturated carbocycles. The topological polar surface area (TPSA) is 44.8 Å². The summed E-state index contributed by atoms with van der Waals surface area (Å²) in [6, 6.07) is 7.61. The molecule has 0 aromatic heterocycles. The molecule has 2 amide bonds. The number of benzene rings is 2. The molecular formula is C21H21F6N3O2. The lowest BCUT2D eigenvalue weighted by Crippen LogP contribution is -2.50. The van der Waals surface area contributed by atoms with Crippen LogP contribution in [-0.2, 0) is 12.4 Å². The number of amides is 2. The van der Waals surface area contributed by atoms with Gasteiger partial charge in [0.05, 0.1) is 23.4 Å². The smallest absolute Gasteiger partial charge is 0.416 e. The van der Waals surface area contributed by atoms with Gasteiger partial charge in [-0.1, -0.05) is 12.1 Å². The number of hydrogen-bond donors (Lipinski definition) is 1. The molecule has 1 fully saturated rings. The first-order chi connectivity index (χ1) is 15.0. The number of para-hydroxylation sites is 2. The fraction of sp³-hybridized carbons (Fsp3) is 0.381. The summed E-state index contributed by atoms with van der Waals surface area (Å²) in [6.45, 7) is 3.66. The van der Waals surface area contributed by atoms with Crippen LogP contribution in [0.3, 0.4) is 0 Å². The molecule has 1 aliphatic rings. The van der Waals surface area contributed by atoms with Crippen LogP contribution >= 0.6 is 0 Å². The Morgan fingerprint density at radius 1 is 0.938 bits per heavy atom. The van der Waals surface area contributed by atoms with Crippen molar-refractivity contribution in [1.82, 2.24) is 4.90 Å². The average molecular weight is 461 g/mol. The van der Waals surface area contributed by atoms with Gasteiger partial charge >= 0.3 is 18.4 Å². The van der Waals surface area contributed by atoms with Crippen molar-refractivity contribution in [2.75, 3.05) is 43.0 Å². The minimum absolute atomic E-state index is 0.0181. The van der Waals surface area contributed by atoms with Gasteiger partial charge in [-0.25, -0.2) is 4.79 Å². The lowest BCUT2D eigenvalue weighted by atomic mass is 10.1. The van der Waals surface area contributed by atoms with Crippen LogP contribution in [0.25, 0.3) is 0 Å². The maximum absolute atomic E-state index is 13.0. The van der Waals surface area contributed by atoms with Crippen LogP contribution < -0.4 is 15.0 Å². The highest BCUT2D eigenvalue weighted by Gasteiger charge is 2.37. The lowest BCUT2D eigenvalue weighted by Gasteiger charge is -2.36. The summed E-state index contributed by atoms with van der Waals surface area (Å²) < 4.78 is 83.7. The van der Waals surface area contributed by atoms with Crippen molar-refractivity contribution < 1.29 is 35.9 Å². The Morgan fingerprint density at radius 3 is 2.03 bits per heavy atom. The molecule has 1 N–H and O–H groups in total. The second-order valence-corrected chi connectivity index (χ2v) is 7.10. The highest BCUT2D eigenvalue weighted by molar-refractivity contribution is 5.89. The molecule has 3 rings (SSSR count). The largest absolute Gasteiger partial charge is 0.492 e. The summed E-state index contributed by atoms with van der Waals surface area (Å²) in [6.07, 6.45) is -9.97. The zero-order chi connectivity index (χ0) is 23.5. The fourth-order valence-electron chi connectivity index (χ4n) is 3.38. The Balaban J connectivity index is 1.70. The zero-order valence-corrected chi connectivity index (χ0v) is 17.1. The van der Waals surface area contributed by atoms with Crippen molar-refractivity contribution in [2.45, 2.75) is 19.3 Å². The molecule has 1 heterocycles. The van der Waals surface area contributed by atoms with E-state index in [1.54, 1.807) is 0 Å². The van der Waals surface area contributed by atoms with Gasteiger partial charge < -0.3 is 19.9 Å². The number of ether oxygens (including phenoxy) is 1. The van der Waals surface area contributed by atoms with Crippen molar-refractivity contribution >= 4 is 17.4 Å². The molecule has 0 spiro atoms. The number of anilines is 2. The SMILES string of the molecule is CCOc1ccccc1N1CCN(C(=O)Nc2cc(C(F)(F)F)cc(C(F)(F)F)c2)CC1. The minimum Gasteiger partial charge on any atom is -0.492 e. The number of nitrogens with zero attached hydrogens (tertiary/aromatic N) is 2. The summed E-state index contributed by atoms with van der Waals surface area (Å²) >= 11 is 0. The van der Waals surface area contributed by atoms with E-state index in [0.29, 0.717) is 37.6 Å². The molecule has 2 aromatic rings. The normalized spacial score (nSPS) is 15.0. The van der Waals surface area contributed by atoms with E-state index in [1.165, 1.54) is 4.90 Å². The quantitative estimate of drug-likeness (QED) is 0.614. The van der Waals surface area contributed by atoms with Crippen LogP contribution in [-0.4, -0.2) is 43.7 Å². The number of hydrogen-bond acceptors (Lipinski definition) is 3. The molecule has 0 unspecified atom stereocenters. The summed E-state index contributed by atoms with van der Waals surface area (Å²) in [5.74, 6) is 0.691. The van der Waals surface area contributed by atoms with E-state index in [0.717, 1.165) is 5.69 Å². The van der Waals surface area contributed by atoms with E-state index in [1.807, 2.05) is 36.1 Å². The fourth-order valence-corrected chi connectivity index (χ4v) is 3.38. The molecule has 5 nitrogen and oxygen atoms in total. The Labute approximate surface area is 180 Å². The molecule has 0 atom stereocenters. The van der Waals surface area contributed by atoms with Crippen LogP contribution in [0.2, 0.25) is 0 Å². The highest BCUT2D eigenvalue weighted by Crippen LogP contribution is 2.37. The van der Waals surface area contributed by atoms with Gasteiger partial charge in [0, 0.05) is 31.9 Å². The Bertz CT molecular complexity index is 921. The molecule has 32 heavy (non-hydrogen) atoms. The third kappa shape index (κ3) is 5.57. The number of alkyl halides is 6. The molecule has 11 heteroatoms. The molecule has 1 aliphatic heterocycles. The van der Waals surface area contributed by atoms with Crippen molar-refractivity contribution in [3.63, 3.8) is 0 Å². The Morgan fingerprint density at radius 2 is 1.50 bits per heavy atom. The van der Waals surface area contributed by atoms with E-state index in [9.17, 15) is 31.1 Å². The first kappa shape index (κ1) is 23.6. The molecule has 174 valence electrons. The molecule has 0 aliphatic carbocycles. The van der Waals surface area contributed by atoms with Gasteiger partial charge in [-0.2, -0.15) is 26.3 Å². The maximum atomic E-state index is 13.0. The van der Waals surface area contributed by atoms with E-state index < -0.39 is 35.2 Å². The van der Waals surface area contributed by atoms with Crippen LogP contribution in [0, 0.1) is 0 Å². The number of urea groups is 1. The van der Waals surface area contributed by atoms with Crippen LogP contribution in [0.1, 0.15) is 18.1 Å². The number of nitrogens with one attached hydrogen (secondary N) is 1. The number of rotatable bonds is 4. The van der Waals surface area contributed by atoms with E-state index in [-0.39, 0.29) is 19.2 Å². The summed E-state index contributed by atoms with van der Waals surface area (Å²) in [7, 11) is 0. The molecule has 2 aromatic carbocycles. The van der Waals surface area contributed by atoms with Gasteiger partial charge in [0.15, 0.2) is 0 Å². The van der Waals surface area contributed by atoms with Gasteiger partial charge in [0.25, 0.3) is 0 Å². The number of piperazine rings is 1. The summed E-state index contributed by atoms with van der Waals surface area (Å²) in [5.41, 5.74) is -2.69. The second kappa shape index (κ2) is 9.17. The van der Waals surface area contributed by atoms with Crippen LogP contribution in [0.15, 0.2) is 42.5 Å². The molecule has 1 saturated heterocycles. The minimum atomic E-state index is -4.99. The van der Waals surface area contributed by atoms with Gasteiger partial charge in [0.1, 0.15) is 5.75 Å². The summed E-state index contributed by atoms with van der Waals surface area (Å²) in [4.78, 5) is 15.9. The molecule has 0 radical (unpaired) electrons. The standard InChI is InChI=1S/C21H21F6N3O2/c1-2-32-18-6-4-3-5-17(18)29-7-9-30(10-8-29)19(31)28-16-12-14(20(22,23)24)11-15(13-16)21(25,26)27/h3-6,11-13H,2,7-10H2,1H3,(H,28,31). The first-order valence-corrected chi connectivity index (χ1v) is 9.81. The van der Waals surface area contributed by atoms with Crippen LogP contribution in [0.4, 0.5) is 42.5 Å². The third-order valence-electron chi connectivity index (χ3n) is 4.91. The average Bonchev–Trinajstić information content (AvgIpc) is 2.73. The van der Waals surface area contributed by atoms with E-state index in [2.05, 4.69) is 5.32 Å². The van der Waals surface area contributed by atoms with Crippen molar-refractivity contribution in [3.05, 3.63) is 53.6 Å². The lowest BCUT2D eigenvalue weighted by molar-refractivity contribution is -0.143. The van der Waals surface area contributed by atoms with Gasteiger partial charge in [-0.15, -0.1) is 0 Å². The van der Waals surface area contributed by atoms with E-state index >= 15 is 0 Å². The van der Waals surface area contributed by atoms with Gasteiger partial charge in [-0.3, -0.25) is 0 Å².